The highest BCUT2D eigenvalue weighted by Gasteiger charge is 2.24. The molecule has 1 rings (SSSR count). The molecule has 5 nitrogen and oxygen atoms in total. The average molecular weight is 174 g/mol. The predicted molar refractivity (Wildman–Crippen MR) is 38.4 cm³/mol. The van der Waals surface area contributed by atoms with Gasteiger partial charge in [-0.25, -0.2) is 5.43 Å². The molecule has 1 heterocycles. The molecule has 1 saturated heterocycles. The van der Waals surface area contributed by atoms with Gasteiger partial charge in [0.1, 0.15) is 11.7 Å². The van der Waals surface area contributed by atoms with Crippen LogP contribution < -0.4 is 5.43 Å². The van der Waals surface area contributed by atoms with Gasteiger partial charge in [-0.1, -0.05) is 0 Å². The standard InChI is InChI=1S/C5H6N2O3S/c8-1-4-6-7(3-11-4)5(10)2-9/h1-2,4,6H,3H2. The Morgan fingerprint density at radius 2 is 2.36 bits per heavy atom. The molecule has 0 aromatic rings. The third-order valence-electron chi connectivity index (χ3n) is 1.16. The van der Waals surface area contributed by atoms with E-state index >= 15 is 0 Å². The van der Waals surface area contributed by atoms with E-state index in [2.05, 4.69) is 5.43 Å². The van der Waals surface area contributed by atoms with Crippen molar-refractivity contribution in [3.63, 3.8) is 0 Å². The molecule has 1 aliphatic rings. The molecule has 60 valence electrons. The first-order valence-corrected chi connectivity index (χ1v) is 3.92. The summed E-state index contributed by atoms with van der Waals surface area (Å²) < 4.78 is 0. The van der Waals surface area contributed by atoms with Crippen molar-refractivity contribution in [3.05, 3.63) is 0 Å². The topological polar surface area (TPSA) is 66.5 Å². The minimum absolute atomic E-state index is 0.209. The zero-order valence-corrected chi connectivity index (χ0v) is 6.34. The van der Waals surface area contributed by atoms with Crippen LogP contribution in [0.1, 0.15) is 0 Å². The molecule has 1 unspecified atom stereocenters. The van der Waals surface area contributed by atoms with E-state index in [1.165, 1.54) is 11.8 Å². The Morgan fingerprint density at radius 1 is 1.64 bits per heavy atom. The number of nitrogens with one attached hydrogen (secondary N) is 1. The summed E-state index contributed by atoms with van der Waals surface area (Å²) in [6.45, 7) is 0. The third kappa shape index (κ3) is 1.78. The Labute approximate surface area is 67.1 Å². The van der Waals surface area contributed by atoms with E-state index in [0.717, 1.165) is 5.01 Å². The van der Waals surface area contributed by atoms with Gasteiger partial charge in [0.15, 0.2) is 0 Å². The van der Waals surface area contributed by atoms with Crippen molar-refractivity contribution in [2.75, 3.05) is 5.88 Å². The van der Waals surface area contributed by atoms with Crippen molar-refractivity contribution >= 4 is 30.2 Å². The highest BCUT2D eigenvalue weighted by atomic mass is 32.2. The van der Waals surface area contributed by atoms with Gasteiger partial charge >= 0.3 is 5.91 Å². The van der Waals surface area contributed by atoms with E-state index < -0.39 is 11.3 Å². The SMILES string of the molecule is O=CC(=O)N1CSC(C=O)N1. The number of amides is 1. The smallest absolute Gasteiger partial charge is 0.301 e. The molecule has 1 atom stereocenters. The monoisotopic (exact) mass is 174 g/mol. The number of nitrogens with zero attached hydrogens (tertiary/aromatic N) is 1. The number of thioether (sulfide) groups is 1. The quantitative estimate of drug-likeness (QED) is 0.418. The van der Waals surface area contributed by atoms with Crippen LogP contribution >= 0.6 is 11.8 Å². The van der Waals surface area contributed by atoms with E-state index in [-0.39, 0.29) is 6.29 Å². The van der Waals surface area contributed by atoms with Crippen LogP contribution in [0.2, 0.25) is 0 Å². The summed E-state index contributed by atoms with van der Waals surface area (Å²) in [5.74, 6) is -0.317. The molecule has 1 N–H and O–H groups in total. The van der Waals surface area contributed by atoms with Crippen LogP contribution in [0.4, 0.5) is 0 Å². The van der Waals surface area contributed by atoms with E-state index in [9.17, 15) is 14.4 Å². The van der Waals surface area contributed by atoms with Crippen LogP contribution in [-0.2, 0) is 14.4 Å². The van der Waals surface area contributed by atoms with E-state index in [1.54, 1.807) is 0 Å². The minimum atomic E-state index is -0.651. The Hall–Kier alpha value is -0.880. The lowest BCUT2D eigenvalue weighted by Crippen LogP contribution is -2.41. The number of aldehydes is 2. The maximum absolute atomic E-state index is 10.6. The van der Waals surface area contributed by atoms with Gasteiger partial charge in [0.25, 0.3) is 0 Å². The lowest BCUT2D eigenvalue weighted by atomic mass is 10.6. The first-order valence-electron chi connectivity index (χ1n) is 2.87. The van der Waals surface area contributed by atoms with Gasteiger partial charge in [-0.15, -0.1) is 11.8 Å². The molecule has 11 heavy (non-hydrogen) atoms. The van der Waals surface area contributed by atoms with Crippen molar-refractivity contribution in [1.82, 2.24) is 10.4 Å². The summed E-state index contributed by atoms with van der Waals surface area (Å²) in [4.78, 5) is 30.8. The molecule has 1 aliphatic heterocycles. The molecule has 1 amide bonds. The second-order valence-electron chi connectivity index (χ2n) is 1.87. The average Bonchev–Trinajstić information content (AvgIpc) is 2.50. The molecule has 0 aromatic heterocycles. The minimum Gasteiger partial charge on any atom is -0.301 e. The van der Waals surface area contributed by atoms with Gasteiger partial charge < -0.3 is 4.79 Å². The maximum Gasteiger partial charge on any atom is 0.301 e. The van der Waals surface area contributed by atoms with E-state index in [4.69, 9.17) is 0 Å². The van der Waals surface area contributed by atoms with Gasteiger partial charge in [0.2, 0.25) is 6.29 Å². The number of carbonyl (C=O) groups excluding carboxylic acids is 3. The first kappa shape index (κ1) is 8.22. The number of carbonyl (C=O) groups is 3. The van der Waals surface area contributed by atoms with E-state index in [0.29, 0.717) is 12.2 Å². The molecular formula is C5H6N2O3S. The second-order valence-corrected chi connectivity index (χ2v) is 2.97. The summed E-state index contributed by atoms with van der Waals surface area (Å²) in [7, 11) is 0. The molecule has 6 heteroatoms. The van der Waals surface area contributed by atoms with Crippen LogP contribution in [0.3, 0.4) is 0 Å². The molecule has 1 fully saturated rings. The Morgan fingerprint density at radius 3 is 2.82 bits per heavy atom. The number of rotatable bonds is 2. The van der Waals surface area contributed by atoms with Gasteiger partial charge in [-0.05, 0) is 0 Å². The first-order chi connectivity index (χ1) is 5.27. The fraction of sp³-hybridized carbons (Fsp3) is 0.400. The third-order valence-corrected chi connectivity index (χ3v) is 2.14. The highest BCUT2D eigenvalue weighted by Crippen LogP contribution is 2.14. The van der Waals surface area contributed by atoms with Crippen LogP contribution in [0.5, 0.6) is 0 Å². The second kappa shape index (κ2) is 3.49. The van der Waals surface area contributed by atoms with Crippen molar-refractivity contribution < 1.29 is 14.4 Å². The number of hydrazine groups is 1. The van der Waals surface area contributed by atoms with Gasteiger partial charge in [0, 0.05) is 0 Å². The molecule has 0 radical (unpaired) electrons. The molecule has 0 spiro atoms. The van der Waals surface area contributed by atoms with Gasteiger partial charge in [0.05, 0.1) is 5.88 Å². The van der Waals surface area contributed by atoms with Crippen molar-refractivity contribution in [2.45, 2.75) is 5.37 Å². The lowest BCUT2D eigenvalue weighted by molar-refractivity contribution is -0.140. The normalized spacial score (nSPS) is 23.3. The Balaban J connectivity index is 2.47. The summed E-state index contributed by atoms with van der Waals surface area (Å²) >= 11 is 1.26. The molecule has 0 bridgehead atoms. The summed E-state index contributed by atoms with van der Waals surface area (Å²) in [6, 6.07) is 0. The number of hydrogen-bond donors (Lipinski definition) is 1. The van der Waals surface area contributed by atoms with Crippen LogP contribution in [-0.4, -0.2) is 34.7 Å². The summed E-state index contributed by atoms with van der Waals surface area (Å²) in [6.07, 6.45) is 0.892. The van der Waals surface area contributed by atoms with Crippen LogP contribution in [0, 0.1) is 0 Å². The summed E-state index contributed by atoms with van der Waals surface area (Å²) in [5, 5.41) is 0.704. The van der Waals surface area contributed by atoms with Crippen LogP contribution in [0.25, 0.3) is 0 Å². The largest absolute Gasteiger partial charge is 0.301 e. The van der Waals surface area contributed by atoms with Gasteiger partial charge in [-0.3, -0.25) is 14.6 Å². The predicted octanol–water partition coefficient (Wildman–Crippen LogP) is -1.25. The van der Waals surface area contributed by atoms with Crippen molar-refractivity contribution in [2.24, 2.45) is 0 Å². The highest BCUT2D eigenvalue weighted by molar-refractivity contribution is 8.00. The zero-order chi connectivity index (χ0) is 8.27. The van der Waals surface area contributed by atoms with Crippen molar-refractivity contribution in [1.29, 1.82) is 0 Å². The maximum atomic E-state index is 10.6. The molecule has 0 saturated carbocycles. The zero-order valence-electron chi connectivity index (χ0n) is 5.52. The lowest BCUT2D eigenvalue weighted by Gasteiger charge is -2.10. The molecule has 0 aliphatic carbocycles. The fourth-order valence-corrected chi connectivity index (χ4v) is 1.44. The Bertz CT molecular complexity index is 196. The molecular weight excluding hydrogens is 168 g/mol. The van der Waals surface area contributed by atoms with E-state index in [1.807, 2.05) is 0 Å². The Kier molecular flexibility index (Phi) is 2.61. The van der Waals surface area contributed by atoms with Crippen LogP contribution in [0.15, 0.2) is 0 Å². The summed E-state index contributed by atoms with van der Waals surface area (Å²) in [5.41, 5.74) is 2.54. The van der Waals surface area contributed by atoms with Crippen molar-refractivity contribution in [3.8, 4) is 0 Å². The fourth-order valence-electron chi connectivity index (χ4n) is 0.644. The molecule has 0 aromatic carbocycles. The van der Waals surface area contributed by atoms with Gasteiger partial charge in [-0.2, -0.15) is 0 Å². The number of hydrogen-bond acceptors (Lipinski definition) is 5.